The first-order chi connectivity index (χ1) is 28.5. The number of hydrogen-bond acceptors (Lipinski definition) is 6. The van der Waals surface area contributed by atoms with Crippen LogP contribution in [0.15, 0.2) is 97.2 Å². The van der Waals surface area contributed by atoms with Crippen LogP contribution in [0, 0.1) is 0 Å². The standard InChI is InChI=1S/C52H84O6/c1-4-7-10-13-16-19-22-25-28-30-33-36-39-42-45-51(54)57-48-49(58-52(55)46-43-40-37-34-31-27-24-21-18-15-12-9-6-3)47-56-50(53)44-41-38-35-32-29-26-23-20-17-14-11-8-5-2/h7-12,14-21,23-24,49H,4-6,13,22,25-48H2,1-3H3/b10-7+,11-8+,12-9+,17-14+,18-15+,19-16+,23-20+,24-21+. The van der Waals surface area contributed by atoms with Gasteiger partial charge in [-0.3, -0.25) is 14.4 Å². The molecule has 6 nitrogen and oxygen atoms in total. The Bertz CT molecular complexity index is 1200. The predicted octanol–water partition coefficient (Wildman–Crippen LogP) is 15.0. The van der Waals surface area contributed by atoms with Gasteiger partial charge in [0.15, 0.2) is 6.10 Å². The molecule has 0 aliphatic rings. The molecule has 0 aromatic carbocycles. The van der Waals surface area contributed by atoms with Gasteiger partial charge in [0, 0.05) is 19.3 Å². The molecule has 0 aliphatic heterocycles. The van der Waals surface area contributed by atoms with E-state index in [1.54, 1.807) is 0 Å². The van der Waals surface area contributed by atoms with E-state index in [2.05, 4.69) is 112 Å². The number of rotatable bonds is 40. The molecule has 0 heterocycles. The summed E-state index contributed by atoms with van der Waals surface area (Å²) >= 11 is 0. The Balaban J connectivity index is 4.47. The van der Waals surface area contributed by atoms with Crippen LogP contribution in [0.2, 0.25) is 0 Å². The Hall–Kier alpha value is -3.67. The largest absolute Gasteiger partial charge is 0.462 e. The quantitative estimate of drug-likeness (QED) is 0.0202. The van der Waals surface area contributed by atoms with Crippen LogP contribution < -0.4 is 0 Å². The summed E-state index contributed by atoms with van der Waals surface area (Å²) in [7, 11) is 0. The van der Waals surface area contributed by atoms with Gasteiger partial charge in [0.1, 0.15) is 13.2 Å². The van der Waals surface area contributed by atoms with E-state index >= 15 is 0 Å². The molecular weight excluding hydrogens is 721 g/mol. The highest BCUT2D eigenvalue weighted by molar-refractivity contribution is 5.71. The van der Waals surface area contributed by atoms with Crippen molar-refractivity contribution in [3.63, 3.8) is 0 Å². The molecule has 0 saturated carbocycles. The molecule has 0 aromatic rings. The Kier molecular flexibility index (Phi) is 43.1. The molecule has 0 fully saturated rings. The molecule has 0 N–H and O–H groups in total. The van der Waals surface area contributed by atoms with E-state index in [0.29, 0.717) is 19.3 Å². The van der Waals surface area contributed by atoms with Crippen molar-refractivity contribution in [2.45, 2.75) is 200 Å². The lowest BCUT2D eigenvalue weighted by Crippen LogP contribution is -2.30. The molecule has 1 atom stereocenters. The van der Waals surface area contributed by atoms with Crippen molar-refractivity contribution in [3.8, 4) is 0 Å². The molecule has 0 saturated heterocycles. The summed E-state index contributed by atoms with van der Waals surface area (Å²) in [6, 6.07) is 0. The summed E-state index contributed by atoms with van der Waals surface area (Å²) in [5.41, 5.74) is 0. The molecule has 0 spiro atoms. The van der Waals surface area contributed by atoms with Crippen molar-refractivity contribution in [2.24, 2.45) is 0 Å². The summed E-state index contributed by atoms with van der Waals surface area (Å²) in [5, 5.41) is 0. The van der Waals surface area contributed by atoms with Crippen molar-refractivity contribution in [3.05, 3.63) is 97.2 Å². The van der Waals surface area contributed by atoms with Crippen molar-refractivity contribution in [2.75, 3.05) is 13.2 Å². The van der Waals surface area contributed by atoms with Crippen LogP contribution in [0.4, 0.5) is 0 Å². The molecule has 0 radical (unpaired) electrons. The zero-order chi connectivity index (χ0) is 42.3. The molecule has 0 aromatic heterocycles. The summed E-state index contributed by atoms with van der Waals surface area (Å²) in [6.07, 6.45) is 59.6. The average Bonchev–Trinajstić information content (AvgIpc) is 3.22. The van der Waals surface area contributed by atoms with Gasteiger partial charge in [-0.2, -0.15) is 0 Å². The molecule has 58 heavy (non-hydrogen) atoms. The van der Waals surface area contributed by atoms with Gasteiger partial charge in [0.2, 0.25) is 0 Å². The van der Waals surface area contributed by atoms with Crippen LogP contribution in [0.3, 0.4) is 0 Å². The number of ether oxygens (including phenoxy) is 3. The molecule has 328 valence electrons. The maximum Gasteiger partial charge on any atom is 0.306 e. The van der Waals surface area contributed by atoms with Crippen LogP contribution in [0.5, 0.6) is 0 Å². The van der Waals surface area contributed by atoms with Crippen LogP contribution in [-0.4, -0.2) is 37.2 Å². The molecular formula is C52H84O6. The monoisotopic (exact) mass is 805 g/mol. The summed E-state index contributed by atoms with van der Waals surface area (Å²) in [4.78, 5) is 37.8. The van der Waals surface area contributed by atoms with Gasteiger partial charge in [-0.15, -0.1) is 0 Å². The Morgan fingerprint density at radius 3 is 1.14 bits per heavy atom. The number of hydrogen-bond donors (Lipinski definition) is 0. The highest BCUT2D eigenvalue weighted by Gasteiger charge is 2.19. The first-order valence-corrected chi connectivity index (χ1v) is 23.3. The van der Waals surface area contributed by atoms with Crippen LogP contribution in [-0.2, 0) is 28.6 Å². The minimum atomic E-state index is -0.799. The number of unbranched alkanes of at least 4 members (excludes halogenated alkanes) is 17. The first-order valence-electron chi connectivity index (χ1n) is 23.3. The van der Waals surface area contributed by atoms with E-state index in [1.165, 1.54) is 25.7 Å². The minimum Gasteiger partial charge on any atom is -0.462 e. The van der Waals surface area contributed by atoms with E-state index in [4.69, 9.17) is 14.2 Å². The third kappa shape index (κ3) is 43.5. The zero-order valence-corrected chi connectivity index (χ0v) is 37.3. The second kappa shape index (κ2) is 46.0. The molecule has 0 amide bonds. The Morgan fingerprint density at radius 1 is 0.362 bits per heavy atom. The van der Waals surface area contributed by atoms with Crippen molar-refractivity contribution >= 4 is 17.9 Å². The SMILES string of the molecule is CC/C=C/C=C/C=C/CCCCCCCC(=O)OCC(COC(=O)CCCCCCCCC/C=C/C/C=C/CC)OC(=O)CCCCCCC/C=C/C=C/C=C/CC. The van der Waals surface area contributed by atoms with E-state index in [9.17, 15) is 14.4 Å². The third-order valence-corrected chi connectivity index (χ3v) is 9.44. The number of carbonyl (C=O) groups excluding carboxylic acids is 3. The lowest BCUT2D eigenvalue weighted by atomic mass is 10.1. The summed E-state index contributed by atoms with van der Waals surface area (Å²) < 4.78 is 16.7. The normalized spacial score (nSPS) is 12.9. The highest BCUT2D eigenvalue weighted by Crippen LogP contribution is 2.13. The van der Waals surface area contributed by atoms with E-state index in [0.717, 1.165) is 128 Å². The van der Waals surface area contributed by atoms with Crippen LogP contribution in [0.1, 0.15) is 194 Å². The van der Waals surface area contributed by atoms with Gasteiger partial charge in [-0.05, 0) is 83.5 Å². The second-order valence-corrected chi connectivity index (χ2v) is 15.0. The molecule has 0 bridgehead atoms. The van der Waals surface area contributed by atoms with Gasteiger partial charge in [-0.25, -0.2) is 0 Å². The Morgan fingerprint density at radius 2 is 0.707 bits per heavy atom. The highest BCUT2D eigenvalue weighted by atomic mass is 16.6. The maximum atomic E-state index is 12.7. The lowest BCUT2D eigenvalue weighted by molar-refractivity contribution is -0.167. The van der Waals surface area contributed by atoms with Gasteiger partial charge in [0.05, 0.1) is 0 Å². The fourth-order valence-electron chi connectivity index (χ4n) is 6.01. The summed E-state index contributed by atoms with van der Waals surface area (Å²) in [5.74, 6) is -0.957. The van der Waals surface area contributed by atoms with Gasteiger partial charge in [-0.1, -0.05) is 189 Å². The smallest absolute Gasteiger partial charge is 0.306 e. The fraction of sp³-hybridized carbons (Fsp3) is 0.635. The van der Waals surface area contributed by atoms with E-state index in [-0.39, 0.29) is 31.1 Å². The van der Waals surface area contributed by atoms with Crippen LogP contribution >= 0.6 is 0 Å². The van der Waals surface area contributed by atoms with Crippen LogP contribution in [0.25, 0.3) is 0 Å². The zero-order valence-electron chi connectivity index (χ0n) is 37.3. The second-order valence-electron chi connectivity index (χ2n) is 15.0. The van der Waals surface area contributed by atoms with E-state index < -0.39 is 6.10 Å². The number of esters is 3. The van der Waals surface area contributed by atoms with Crippen molar-refractivity contribution in [1.82, 2.24) is 0 Å². The van der Waals surface area contributed by atoms with Crippen molar-refractivity contribution in [1.29, 1.82) is 0 Å². The lowest BCUT2D eigenvalue weighted by Gasteiger charge is -2.18. The van der Waals surface area contributed by atoms with Gasteiger partial charge in [0.25, 0.3) is 0 Å². The first kappa shape index (κ1) is 54.3. The topological polar surface area (TPSA) is 78.9 Å². The van der Waals surface area contributed by atoms with E-state index in [1.807, 2.05) is 6.08 Å². The van der Waals surface area contributed by atoms with Crippen molar-refractivity contribution < 1.29 is 28.6 Å². The molecule has 0 rings (SSSR count). The fourth-order valence-corrected chi connectivity index (χ4v) is 6.01. The van der Waals surface area contributed by atoms with Gasteiger partial charge < -0.3 is 14.2 Å². The molecule has 0 aliphatic carbocycles. The third-order valence-electron chi connectivity index (χ3n) is 9.44. The average molecular weight is 805 g/mol. The van der Waals surface area contributed by atoms with Gasteiger partial charge >= 0.3 is 17.9 Å². The number of carbonyl (C=O) groups is 3. The Labute approximate surface area is 356 Å². The minimum absolute atomic E-state index is 0.0987. The summed E-state index contributed by atoms with van der Waals surface area (Å²) in [6.45, 7) is 6.20. The molecule has 1 unspecified atom stereocenters. The maximum absolute atomic E-state index is 12.7. The molecule has 6 heteroatoms. The predicted molar refractivity (Wildman–Crippen MR) is 247 cm³/mol. The number of allylic oxidation sites excluding steroid dienone is 16.